The topological polar surface area (TPSA) is 129 Å². The molecule has 1 aromatic rings. The van der Waals surface area contributed by atoms with Gasteiger partial charge in [0.25, 0.3) is 0 Å². The summed E-state index contributed by atoms with van der Waals surface area (Å²) in [6, 6.07) is 9.80. The van der Waals surface area contributed by atoms with Crippen LogP contribution in [-0.4, -0.2) is 111 Å². The zero-order chi connectivity index (χ0) is 32.3. The first-order valence-corrected chi connectivity index (χ1v) is 17.7. The van der Waals surface area contributed by atoms with Gasteiger partial charge in [-0.15, -0.1) is 0 Å². The van der Waals surface area contributed by atoms with E-state index in [0.717, 1.165) is 31.5 Å². The summed E-state index contributed by atoms with van der Waals surface area (Å²) in [6.45, 7) is 5.21. The molecule has 0 aliphatic carbocycles. The summed E-state index contributed by atoms with van der Waals surface area (Å²) in [5, 5.41) is 54.2. The number of β-amino-alcohol motifs (C(OH)–C–C–N with tert-alkyl or cyclic N) is 1. The number of nitrogens with one attached hydrogen (secondary N) is 1. The predicted octanol–water partition coefficient (Wildman–Crippen LogP) is 3.87. The Bertz CT molecular complexity index is 975. The molecule has 0 radical (unpaired) electrons. The molecule has 9 nitrogen and oxygen atoms in total. The van der Waals surface area contributed by atoms with Crippen molar-refractivity contribution >= 4 is 5.84 Å². The van der Waals surface area contributed by atoms with E-state index in [-0.39, 0.29) is 0 Å². The number of benzene rings is 1. The third kappa shape index (κ3) is 13.1. The van der Waals surface area contributed by atoms with Gasteiger partial charge in [0.2, 0.25) is 5.84 Å². The molecule has 0 amide bonds. The van der Waals surface area contributed by atoms with Crippen molar-refractivity contribution in [2.24, 2.45) is 0 Å². The molecule has 1 fully saturated rings. The SMILES string of the molecule is CCCCCCCC/C=C\CCCCCCCC1=[N+](CC(O)c2ccccc2)CCN1CCNC1OC(CO)C(O)C(O)C1O. The number of rotatable bonds is 23. The van der Waals surface area contributed by atoms with Crippen LogP contribution in [0.25, 0.3) is 0 Å². The van der Waals surface area contributed by atoms with Gasteiger partial charge >= 0.3 is 0 Å². The molecule has 6 N–H and O–H groups in total. The van der Waals surface area contributed by atoms with Crippen LogP contribution in [-0.2, 0) is 4.74 Å². The van der Waals surface area contributed by atoms with Gasteiger partial charge < -0.3 is 30.3 Å². The van der Waals surface area contributed by atoms with Gasteiger partial charge in [-0.3, -0.25) is 14.8 Å². The van der Waals surface area contributed by atoms with Crippen molar-refractivity contribution < 1.29 is 34.8 Å². The van der Waals surface area contributed by atoms with Gasteiger partial charge in [-0.25, -0.2) is 0 Å². The molecule has 3 rings (SSSR count). The molecule has 0 spiro atoms. The summed E-state index contributed by atoms with van der Waals surface area (Å²) in [7, 11) is 0. The Morgan fingerprint density at radius 3 is 2.20 bits per heavy atom. The molecular formula is C36H62N3O6+. The van der Waals surface area contributed by atoms with Crippen molar-refractivity contribution in [3.05, 3.63) is 48.0 Å². The maximum Gasteiger partial charge on any atom is 0.247 e. The van der Waals surface area contributed by atoms with Crippen molar-refractivity contribution in [2.75, 3.05) is 39.3 Å². The number of nitrogens with zero attached hydrogens (tertiary/aromatic N) is 2. The summed E-state index contributed by atoms with van der Waals surface area (Å²) >= 11 is 0. The van der Waals surface area contributed by atoms with Crippen LogP contribution in [0.1, 0.15) is 108 Å². The first-order chi connectivity index (χ1) is 22.0. The van der Waals surface area contributed by atoms with E-state index in [4.69, 9.17) is 4.74 Å². The highest BCUT2D eigenvalue weighted by Gasteiger charge is 2.43. The Labute approximate surface area is 271 Å². The molecule has 2 heterocycles. The number of allylic oxidation sites excluding steroid dienone is 2. The van der Waals surface area contributed by atoms with E-state index in [1.807, 2.05) is 30.3 Å². The van der Waals surface area contributed by atoms with E-state index in [2.05, 4.69) is 33.9 Å². The lowest BCUT2D eigenvalue weighted by molar-refractivity contribution is -0.529. The second kappa shape index (κ2) is 21.9. The van der Waals surface area contributed by atoms with Gasteiger partial charge in [-0.2, -0.15) is 0 Å². The number of amidine groups is 1. The molecule has 1 aromatic carbocycles. The van der Waals surface area contributed by atoms with Crippen LogP contribution in [0.3, 0.4) is 0 Å². The summed E-state index contributed by atoms with van der Waals surface area (Å²) < 4.78 is 7.92. The fourth-order valence-electron chi connectivity index (χ4n) is 6.41. The van der Waals surface area contributed by atoms with Crippen molar-refractivity contribution in [1.29, 1.82) is 0 Å². The standard InChI is InChI=1S/C36H62N3O6/c1-2-3-4-5-6-7-8-9-10-11-12-13-14-15-19-22-32-38(25-26-39(32)27-30(41)29-20-17-16-18-21-29)24-23-37-36-35(44)34(43)33(42)31(28-40)45-36/h9-10,16-18,20-21,30-31,33-37,40-44H,2-8,11-15,19,22-28H2,1H3/q+1/b10-9-. The van der Waals surface area contributed by atoms with Crippen LogP contribution >= 0.6 is 0 Å². The van der Waals surface area contributed by atoms with E-state index in [9.17, 15) is 25.5 Å². The third-order valence-electron chi connectivity index (χ3n) is 9.23. The second-order valence-corrected chi connectivity index (χ2v) is 12.8. The molecular weight excluding hydrogens is 570 g/mol. The fraction of sp³-hybridized carbons (Fsp3) is 0.750. The molecule has 9 heteroatoms. The maximum absolute atomic E-state index is 11.0. The van der Waals surface area contributed by atoms with Crippen LogP contribution in [0.4, 0.5) is 0 Å². The highest BCUT2D eigenvalue weighted by Crippen LogP contribution is 2.20. The van der Waals surface area contributed by atoms with E-state index in [0.29, 0.717) is 19.6 Å². The third-order valence-corrected chi connectivity index (χ3v) is 9.23. The number of hydrogen-bond donors (Lipinski definition) is 6. The van der Waals surface area contributed by atoms with Crippen LogP contribution in [0, 0.1) is 0 Å². The summed E-state index contributed by atoms with van der Waals surface area (Å²) in [6.07, 6.45) is 15.8. The highest BCUT2D eigenvalue weighted by molar-refractivity contribution is 5.78. The molecule has 45 heavy (non-hydrogen) atoms. The van der Waals surface area contributed by atoms with Crippen LogP contribution in [0.5, 0.6) is 0 Å². The minimum absolute atomic E-state index is 0.443. The van der Waals surface area contributed by atoms with Crippen LogP contribution in [0.15, 0.2) is 42.5 Å². The minimum atomic E-state index is -1.39. The highest BCUT2D eigenvalue weighted by atomic mass is 16.6. The number of hydrogen-bond acceptors (Lipinski definition) is 8. The van der Waals surface area contributed by atoms with Gasteiger partial charge in [0.05, 0.1) is 13.2 Å². The lowest BCUT2D eigenvalue weighted by atomic mass is 9.98. The molecule has 0 saturated carbocycles. The minimum Gasteiger partial charge on any atom is -0.394 e. The van der Waals surface area contributed by atoms with Crippen LogP contribution < -0.4 is 5.32 Å². The van der Waals surface area contributed by atoms with Gasteiger partial charge in [0.1, 0.15) is 56.4 Å². The average molecular weight is 633 g/mol. The number of aliphatic hydroxyl groups is 5. The van der Waals surface area contributed by atoms with Crippen molar-refractivity contribution in [2.45, 2.75) is 134 Å². The lowest BCUT2D eigenvalue weighted by Gasteiger charge is -2.40. The number of aliphatic hydroxyl groups excluding tert-OH is 5. The monoisotopic (exact) mass is 632 g/mol. The first kappa shape index (κ1) is 37.6. The molecule has 6 atom stereocenters. The van der Waals surface area contributed by atoms with Gasteiger partial charge in [0.15, 0.2) is 0 Å². The average Bonchev–Trinajstić information content (AvgIpc) is 3.43. The van der Waals surface area contributed by atoms with E-state index in [1.54, 1.807) is 0 Å². The molecule has 6 unspecified atom stereocenters. The van der Waals surface area contributed by atoms with Crippen LogP contribution in [0.2, 0.25) is 0 Å². The van der Waals surface area contributed by atoms with E-state index in [1.165, 1.54) is 82.9 Å². The largest absolute Gasteiger partial charge is 0.394 e. The Morgan fingerprint density at radius 2 is 1.53 bits per heavy atom. The first-order valence-electron chi connectivity index (χ1n) is 17.7. The Kier molecular flexibility index (Phi) is 18.3. The smallest absolute Gasteiger partial charge is 0.247 e. The second-order valence-electron chi connectivity index (χ2n) is 12.8. The zero-order valence-corrected chi connectivity index (χ0v) is 27.7. The lowest BCUT2D eigenvalue weighted by Crippen LogP contribution is -2.62. The van der Waals surface area contributed by atoms with Gasteiger partial charge in [-0.1, -0.05) is 101 Å². The quantitative estimate of drug-likeness (QED) is 0.0610. The summed E-state index contributed by atoms with van der Waals surface area (Å²) in [5.41, 5.74) is 0.917. The van der Waals surface area contributed by atoms with E-state index < -0.39 is 43.4 Å². The van der Waals surface area contributed by atoms with Gasteiger partial charge in [0, 0.05) is 13.0 Å². The summed E-state index contributed by atoms with van der Waals surface area (Å²) in [4.78, 5) is 2.34. The molecule has 0 bridgehead atoms. The molecule has 1 saturated heterocycles. The molecule has 0 aromatic heterocycles. The van der Waals surface area contributed by atoms with Crippen molar-refractivity contribution in [3.8, 4) is 0 Å². The Hall–Kier alpha value is -1.85. The van der Waals surface area contributed by atoms with Crippen molar-refractivity contribution in [1.82, 2.24) is 10.2 Å². The van der Waals surface area contributed by atoms with Gasteiger partial charge in [-0.05, 0) is 37.7 Å². The number of ether oxygens (including phenoxy) is 1. The normalized spacial score (nSPS) is 24.7. The Balaban J connectivity index is 1.43. The fourth-order valence-corrected chi connectivity index (χ4v) is 6.41. The van der Waals surface area contributed by atoms with Crippen molar-refractivity contribution in [3.63, 3.8) is 0 Å². The van der Waals surface area contributed by atoms with E-state index >= 15 is 0 Å². The maximum atomic E-state index is 11.0. The molecule has 2 aliphatic rings. The number of unbranched alkanes of at least 4 members (excludes halogenated alkanes) is 11. The predicted molar refractivity (Wildman–Crippen MR) is 179 cm³/mol. The zero-order valence-electron chi connectivity index (χ0n) is 27.7. The molecule has 2 aliphatic heterocycles. The molecule has 256 valence electrons. The summed E-state index contributed by atoms with van der Waals surface area (Å²) in [5.74, 6) is 1.23. The Morgan fingerprint density at radius 1 is 0.889 bits per heavy atom.